The zero-order valence-electron chi connectivity index (χ0n) is 63.9. The van der Waals surface area contributed by atoms with Crippen molar-refractivity contribution in [3.8, 4) is 0 Å². The molecule has 1 aromatic heterocycles. The van der Waals surface area contributed by atoms with Crippen molar-refractivity contribution >= 4 is 128 Å². The second-order valence-electron chi connectivity index (χ2n) is 28.1. The molecule has 5 rings (SSSR count). The summed E-state index contributed by atoms with van der Waals surface area (Å²) < 4.78 is 5.78. The number of carbonyl (C=O) groups excluding carboxylic acids is 16. The number of hydrogen-bond acceptors (Lipinski definition) is 22. The van der Waals surface area contributed by atoms with Gasteiger partial charge in [0.25, 0.3) is 0 Å². The highest BCUT2D eigenvalue weighted by Gasteiger charge is 2.40. The highest BCUT2D eigenvalue weighted by molar-refractivity contribution is 6.05. The lowest BCUT2D eigenvalue weighted by Crippen LogP contribution is -2.58. The molecule has 2 heterocycles. The minimum atomic E-state index is -2.18. The SMILES string of the molecule is CCCCc1ccc(/C(C)=C/C(=O)N[C@@H](Cc2c[nH]c3ccccc23)C(=O)N[C@H](CC(N)=O)C(=O)C[C@@H](C)C(=O)N[C@@H]2C(=O)NCC(=O)N[C@@H](CCCN)C(=O)N[C@@H](CC(=O)O)C(=O)C[C@H](C)C(=O)N[C@@H](C)C(=O)NCC(=O)N[C@H](CO)C(=O)C[C@@H]([C@H](C)CC(=O)O)C(=O)N[C@@H](CC(=O)c3ccccc3N)C(=O)O[C@@H]2C)cc1. The molecule has 1 aliphatic rings. The molecule has 20 N–H and O–H groups in total. The number of aryl methyl sites for hydroxylation is 1. The number of para-hydroxylation sites is 2. The normalized spacial score (nSPS) is 21.7. The zero-order valence-corrected chi connectivity index (χ0v) is 63.9. The quantitative estimate of drug-likeness (QED) is 0.0135. The fraction of sp³-hybridized carbons (Fsp3) is 0.481. The van der Waals surface area contributed by atoms with Crippen molar-refractivity contribution in [3.05, 3.63) is 107 Å². The molecule has 0 bridgehead atoms. The van der Waals surface area contributed by atoms with Gasteiger partial charge >= 0.3 is 17.9 Å². The van der Waals surface area contributed by atoms with Crippen LogP contribution in [0.2, 0.25) is 0 Å². The summed E-state index contributed by atoms with van der Waals surface area (Å²) in [6, 6.07) is 5.86. The van der Waals surface area contributed by atoms with Crippen LogP contribution in [0.15, 0.2) is 85.1 Å². The van der Waals surface area contributed by atoms with Gasteiger partial charge < -0.3 is 95.4 Å². The van der Waals surface area contributed by atoms with Crippen LogP contribution in [0.5, 0.6) is 0 Å². The fourth-order valence-corrected chi connectivity index (χ4v) is 12.2. The molecule has 36 heteroatoms. The number of aromatic nitrogens is 1. The van der Waals surface area contributed by atoms with E-state index in [-0.39, 0.29) is 37.1 Å². The number of hydrogen-bond donors (Lipinski definition) is 17. The van der Waals surface area contributed by atoms with Crippen molar-refractivity contribution < 1.29 is 106 Å². The van der Waals surface area contributed by atoms with Crippen LogP contribution in [0.3, 0.4) is 0 Å². The van der Waals surface area contributed by atoms with Crippen molar-refractivity contribution in [3.63, 3.8) is 0 Å². The Bertz CT molecular complexity index is 4200. The molecule has 0 unspecified atom stereocenters. The van der Waals surface area contributed by atoms with Gasteiger partial charge in [-0.25, -0.2) is 4.79 Å². The van der Waals surface area contributed by atoms with Gasteiger partial charge in [-0.05, 0) is 99.4 Å². The molecule has 113 heavy (non-hydrogen) atoms. The lowest BCUT2D eigenvalue weighted by atomic mass is 9.84. The van der Waals surface area contributed by atoms with Gasteiger partial charge in [0.1, 0.15) is 42.4 Å². The second kappa shape index (κ2) is 44.7. The van der Waals surface area contributed by atoms with E-state index in [1.165, 1.54) is 58.0 Å². The summed E-state index contributed by atoms with van der Waals surface area (Å²) in [4.78, 5) is 252. The summed E-state index contributed by atoms with van der Waals surface area (Å²) in [6.45, 7) is 6.41. The van der Waals surface area contributed by atoms with E-state index in [9.17, 15) is 102 Å². The van der Waals surface area contributed by atoms with E-state index in [0.29, 0.717) is 22.0 Å². The summed E-state index contributed by atoms with van der Waals surface area (Å²) in [6.07, 6.45) is -2.95. The van der Waals surface area contributed by atoms with Crippen LogP contribution in [0, 0.1) is 23.7 Å². The lowest BCUT2D eigenvalue weighted by Gasteiger charge is -2.29. The summed E-state index contributed by atoms with van der Waals surface area (Å²) in [5, 5.41) is 54.3. The zero-order chi connectivity index (χ0) is 83.9. The van der Waals surface area contributed by atoms with E-state index in [1.807, 2.05) is 24.3 Å². The maximum atomic E-state index is 14.8. The first-order chi connectivity index (χ1) is 53.4. The first-order valence-electron chi connectivity index (χ1n) is 36.9. The van der Waals surface area contributed by atoms with E-state index in [2.05, 4.69) is 65.1 Å². The minimum Gasteiger partial charge on any atom is -0.481 e. The number of ether oxygens (including phenoxy) is 1. The maximum Gasteiger partial charge on any atom is 0.329 e. The monoisotopic (exact) mass is 1570 g/mol. The number of allylic oxidation sites excluding steroid dienone is 1. The van der Waals surface area contributed by atoms with Crippen molar-refractivity contribution in [1.29, 1.82) is 0 Å². The van der Waals surface area contributed by atoms with E-state index in [1.54, 1.807) is 37.4 Å². The molecule has 3 aromatic carbocycles. The predicted molar refractivity (Wildman–Crippen MR) is 407 cm³/mol. The molecule has 0 aliphatic carbocycles. The number of H-pyrrole nitrogens is 1. The number of unbranched alkanes of at least 4 members (excludes halogenated alkanes) is 1. The predicted octanol–water partition coefficient (Wildman–Crippen LogP) is -0.954. The van der Waals surface area contributed by atoms with Crippen molar-refractivity contribution in [2.45, 2.75) is 186 Å². The molecule has 11 amide bonds. The Kier molecular flexibility index (Phi) is 36.2. The minimum absolute atomic E-state index is 0.00986. The fourth-order valence-electron chi connectivity index (χ4n) is 12.2. The van der Waals surface area contributed by atoms with E-state index < -0.39 is 249 Å². The number of Topliss-reactive ketones (excluding diaryl/α,β-unsaturated/α-hetero) is 4. The van der Waals surface area contributed by atoms with Crippen molar-refractivity contribution in [2.75, 3.05) is 32.0 Å². The number of cyclic esters (lactones) is 1. The number of anilines is 1. The van der Waals surface area contributed by atoms with Crippen molar-refractivity contribution in [2.24, 2.45) is 35.1 Å². The number of rotatable bonds is 29. The van der Waals surface area contributed by atoms with Gasteiger partial charge in [0.05, 0.1) is 44.6 Å². The van der Waals surface area contributed by atoms with Crippen LogP contribution >= 0.6 is 0 Å². The summed E-state index contributed by atoms with van der Waals surface area (Å²) in [7, 11) is 0. The Morgan fingerprint density at radius 2 is 1.28 bits per heavy atom. The van der Waals surface area contributed by atoms with Crippen LogP contribution in [-0.4, -0.2) is 207 Å². The first kappa shape index (κ1) is 91.5. The third-order valence-corrected chi connectivity index (χ3v) is 18.8. The molecule has 1 aliphatic heterocycles. The standard InChI is InChI=1S/C77H102N14O22/c1-8-9-15-45-21-23-46(24-22-45)39(2)28-64(98)86-56(30-47-35-81-52-19-13-11-16-48(47)52)75(110)88-54(33-63(80)97)60(94)27-42(5)71(106)91-69-44(7)113-77(112)57(32-59(93)49-17-10-12-18-51(49)79)90-73(108)50(40(3)29-67(101)102)31-62(96)58(38-92)87-66(100)36-82-72(107)43(6)84-70(105)41(4)26-61(95)55(34-68(103)104)89-74(109)53(20-14-25-78)85-65(99)37-83-76(69)111/h10-13,16-19,21-24,28,35,40-44,50,53-58,69,81,92H,8-9,14-15,20,25-27,29-34,36-38,78-79H2,1-7H3,(H2,80,97)(H,82,107)(H,83,111)(H,84,105)(H,85,99)(H,86,98)(H,87,100)(H,88,110)(H,89,109)(H,90,108)(H,91,106)(H,101,102)(H,103,104)/b39-28+/t40-,41+,42-,43+,44-,50+,53+,54-,55+,56+,57+,58-,69+/m1/s1. The molecule has 1 saturated heterocycles. The molecule has 0 radical (unpaired) electrons. The number of aromatic amines is 1. The number of aliphatic carboxylic acids is 2. The first-order valence-corrected chi connectivity index (χ1v) is 36.9. The highest BCUT2D eigenvalue weighted by atomic mass is 16.5. The van der Waals surface area contributed by atoms with Gasteiger partial charge in [-0.3, -0.25) is 81.5 Å². The molecular weight excluding hydrogens is 1470 g/mol. The summed E-state index contributed by atoms with van der Waals surface area (Å²) in [5.41, 5.74) is 20.9. The average Bonchev–Trinajstić information content (AvgIpc) is 1.68. The van der Waals surface area contributed by atoms with Gasteiger partial charge in [-0.1, -0.05) is 88.7 Å². The van der Waals surface area contributed by atoms with Crippen LogP contribution in [0.25, 0.3) is 16.5 Å². The number of nitrogens with two attached hydrogens (primary N) is 3. The van der Waals surface area contributed by atoms with E-state index in [0.717, 1.165) is 37.3 Å². The number of primary amides is 1. The highest BCUT2D eigenvalue weighted by Crippen LogP contribution is 2.25. The van der Waals surface area contributed by atoms with E-state index in [4.69, 9.17) is 21.9 Å². The Labute approximate surface area is 650 Å². The van der Waals surface area contributed by atoms with Crippen LogP contribution < -0.4 is 70.4 Å². The number of fused-ring (bicyclic) bond motifs is 1. The number of carbonyl (C=O) groups is 18. The number of amides is 11. The van der Waals surface area contributed by atoms with Gasteiger partial charge in [-0.2, -0.15) is 0 Å². The largest absolute Gasteiger partial charge is 0.481 e. The van der Waals surface area contributed by atoms with E-state index >= 15 is 0 Å². The number of nitrogens with one attached hydrogen (secondary N) is 11. The number of ketones is 4. The molecule has 4 aromatic rings. The molecule has 612 valence electrons. The van der Waals surface area contributed by atoms with Gasteiger partial charge in [0.15, 0.2) is 23.1 Å². The van der Waals surface area contributed by atoms with Crippen LogP contribution in [0.1, 0.15) is 146 Å². The second-order valence-corrected chi connectivity index (χ2v) is 28.1. The maximum absolute atomic E-state index is 14.8. The molecular formula is C77H102N14O22. The third kappa shape index (κ3) is 29.3. The molecule has 1 fully saturated rings. The Balaban J connectivity index is 1.55. The average molecular weight is 1580 g/mol. The van der Waals surface area contributed by atoms with Gasteiger partial charge in [0, 0.05) is 90.7 Å². The number of aliphatic hydroxyl groups is 1. The van der Waals surface area contributed by atoms with Crippen LogP contribution in [-0.2, 0) is 99.1 Å². The molecule has 0 spiro atoms. The topological polar surface area (TPSA) is 591 Å². The van der Waals surface area contributed by atoms with Crippen molar-refractivity contribution in [1.82, 2.24) is 58.2 Å². The molecule has 0 saturated carbocycles. The van der Waals surface area contributed by atoms with Gasteiger partial charge in [-0.15, -0.1) is 0 Å². The number of carboxylic acids is 2. The third-order valence-electron chi connectivity index (χ3n) is 18.8. The summed E-state index contributed by atoms with van der Waals surface area (Å²) in [5.74, 6) is -26.6. The number of benzene rings is 3. The smallest absolute Gasteiger partial charge is 0.329 e. The number of nitrogen functional groups attached to an aromatic ring is 1. The summed E-state index contributed by atoms with van der Waals surface area (Å²) >= 11 is 0. The number of esters is 1. The van der Waals surface area contributed by atoms with Crippen LogP contribution in [0.4, 0.5) is 5.69 Å². The number of carboxylic acid groups (broad SMARTS) is 2. The molecule has 13 atom stereocenters. The number of aliphatic hydroxyl groups excluding tert-OH is 1. The Morgan fingerprint density at radius 1 is 0.655 bits per heavy atom. The Hall–Kier alpha value is -12.1. The lowest BCUT2D eigenvalue weighted by molar-refractivity contribution is -0.156. The Morgan fingerprint density at radius 3 is 1.91 bits per heavy atom. The molecule has 36 nitrogen and oxygen atoms in total. The van der Waals surface area contributed by atoms with Gasteiger partial charge in [0.2, 0.25) is 65.0 Å².